The number of fused-ring (bicyclic) bond motifs is 3. The van der Waals surface area contributed by atoms with Crippen LogP contribution < -0.4 is 19.9 Å². The van der Waals surface area contributed by atoms with E-state index in [0.717, 1.165) is 29.1 Å². The second-order valence-corrected chi connectivity index (χ2v) is 9.81. The van der Waals surface area contributed by atoms with Crippen molar-refractivity contribution in [3.63, 3.8) is 0 Å². The van der Waals surface area contributed by atoms with E-state index in [9.17, 15) is 14.9 Å². The summed E-state index contributed by atoms with van der Waals surface area (Å²) in [5, 5.41) is 15.1. The Labute approximate surface area is 205 Å². The summed E-state index contributed by atoms with van der Waals surface area (Å²) in [6.45, 7) is 6.89. The van der Waals surface area contributed by atoms with Crippen LogP contribution in [-0.2, 0) is 11.2 Å². The molecule has 0 radical (unpaired) electrons. The first-order valence-electron chi connectivity index (χ1n) is 11.7. The highest BCUT2D eigenvalue weighted by Gasteiger charge is 2.42. The average molecular weight is 487 g/mol. The lowest BCUT2D eigenvalue weighted by molar-refractivity contribution is -0.384. The van der Waals surface area contributed by atoms with Crippen LogP contribution in [0.3, 0.4) is 0 Å². The number of ether oxygens (including phenoxy) is 1. The van der Waals surface area contributed by atoms with Gasteiger partial charge in [-0.15, -0.1) is 0 Å². The molecule has 2 aromatic carbocycles. The summed E-state index contributed by atoms with van der Waals surface area (Å²) in [6, 6.07) is 10.5. The van der Waals surface area contributed by atoms with Crippen LogP contribution in [-0.4, -0.2) is 50.2 Å². The van der Waals surface area contributed by atoms with Crippen molar-refractivity contribution in [1.82, 2.24) is 5.32 Å². The van der Waals surface area contributed by atoms with Gasteiger partial charge < -0.3 is 19.9 Å². The highest BCUT2D eigenvalue weighted by molar-refractivity contribution is 6.31. The van der Waals surface area contributed by atoms with Gasteiger partial charge in [0.1, 0.15) is 5.75 Å². The zero-order valence-corrected chi connectivity index (χ0v) is 20.5. The van der Waals surface area contributed by atoms with Crippen LogP contribution in [0.4, 0.5) is 17.1 Å². The van der Waals surface area contributed by atoms with E-state index in [1.165, 1.54) is 0 Å². The minimum atomic E-state index is -0.382. The minimum absolute atomic E-state index is 0.00675. The van der Waals surface area contributed by atoms with Crippen LogP contribution in [0.2, 0.25) is 5.02 Å². The predicted molar refractivity (Wildman–Crippen MR) is 134 cm³/mol. The lowest BCUT2D eigenvalue weighted by Crippen LogP contribution is -2.61. The van der Waals surface area contributed by atoms with Gasteiger partial charge in [-0.25, -0.2) is 0 Å². The number of carbonyl (C=O) groups excluding carboxylic acids is 1. The largest absolute Gasteiger partial charge is 0.495 e. The van der Waals surface area contributed by atoms with E-state index < -0.39 is 0 Å². The minimum Gasteiger partial charge on any atom is -0.495 e. The van der Waals surface area contributed by atoms with E-state index in [1.54, 1.807) is 25.3 Å². The molecule has 182 valence electrons. The fourth-order valence-electron chi connectivity index (χ4n) is 4.97. The quantitative estimate of drug-likeness (QED) is 0.464. The second-order valence-electron chi connectivity index (χ2n) is 9.38. The molecule has 8 nitrogen and oxygen atoms in total. The molecule has 2 aliphatic heterocycles. The first-order valence-corrected chi connectivity index (χ1v) is 12.1. The fourth-order valence-corrected chi connectivity index (χ4v) is 5.13. The molecule has 1 fully saturated rings. The van der Waals surface area contributed by atoms with Crippen LogP contribution in [0.5, 0.6) is 5.75 Å². The van der Waals surface area contributed by atoms with Gasteiger partial charge in [0.05, 0.1) is 29.7 Å². The van der Waals surface area contributed by atoms with Crippen LogP contribution >= 0.6 is 11.6 Å². The summed E-state index contributed by atoms with van der Waals surface area (Å²) in [5.74, 6) is 0.900. The Balaban J connectivity index is 1.66. The molecule has 2 aliphatic rings. The zero-order valence-electron chi connectivity index (χ0n) is 19.8. The monoisotopic (exact) mass is 486 g/mol. The van der Waals surface area contributed by atoms with Gasteiger partial charge in [0.25, 0.3) is 5.69 Å². The number of nitrogens with one attached hydrogen (secondary N) is 1. The van der Waals surface area contributed by atoms with Gasteiger partial charge in [0, 0.05) is 49.0 Å². The number of benzene rings is 2. The summed E-state index contributed by atoms with van der Waals surface area (Å²) in [4.78, 5) is 28.8. The zero-order chi connectivity index (χ0) is 24.4. The number of non-ortho nitro benzene ring substituents is 1. The SMILES string of the molecule is COc1ccc(Cl)cc1N1CCN2c3ccc([N+](=O)[O-])cc3C[C@H](C(=O)NCCC(C)C)[C@@H]2C1. The molecule has 34 heavy (non-hydrogen) atoms. The molecule has 0 aromatic heterocycles. The Bertz CT molecular complexity index is 1080. The highest BCUT2D eigenvalue weighted by Crippen LogP contribution is 2.40. The number of anilines is 2. The molecule has 9 heteroatoms. The number of halogens is 1. The van der Waals surface area contributed by atoms with Crippen molar-refractivity contribution in [2.45, 2.75) is 32.7 Å². The number of nitro benzene ring substituents is 1. The molecular formula is C25H31ClN4O4. The average Bonchev–Trinajstić information content (AvgIpc) is 2.82. The molecule has 4 rings (SSSR count). The maximum Gasteiger partial charge on any atom is 0.269 e. The van der Waals surface area contributed by atoms with Gasteiger partial charge >= 0.3 is 0 Å². The van der Waals surface area contributed by atoms with Crippen molar-refractivity contribution in [2.24, 2.45) is 11.8 Å². The highest BCUT2D eigenvalue weighted by atomic mass is 35.5. The van der Waals surface area contributed by atoms with Crippen molar-refractivity contribution < 1.29 is 14.5 Å². The normalized spacial score (nSPS) is 19.4. The van der Waals surface area contributed by atoms with Crippen molar-refractivity contribution in [3.8, 4) is 5.75 Å². The number of hydrogen-bond acceptors (Lipinski definition) is 6. The third-order valence-corrected chi connectivity index (χ3v) is 6.98. The summed E-state index contributed by atoms with van der Waals surface area (Å²) in [7, 11) is 1.64. The maximum atomic E-state index is 13.3. The van der Waals surface area contributed by atoms with Crippen LogP contribution in [0.1, 0.15) is 25.8 Å². The lowest BCUT2D eigenvalue weighted by atomic mass is 9.83. The van der Waals surface area contributed by atoms with Gasteiger partial charge in [0.15, 0.2) is 0 Å². The van der Waals surface area contributed by atoms with E-state index in [-0.39, 0.29) is 28.5 Å². The maximum absolute atomic E-state index is 13.3. The standard InChI is InChI=1S/C25H31ClN4O4/c1-16(2)8-9-27-25(31)20-13-17-12-19(30(32)33)5-6-21(17)29-11-10-28(15-23(20)29)22-14-18(26)4-7-24(22)34-3/h4-7,12,14,16,20,23H,8-11,13,15H2,1-3H3,(H,27,31)/t20-,23-/m0/s1. The van der Waals surface area contributed by atoms with Gasteiger partial charge in [-0.05, 0) is 48.6 Å². The second kappa shape index (κ2) is 10.1. The molecule has 1 N–H and O–H groups in total. The Morgan fingerprint density at radius 1 is 1.24 bits per heavy atom. The molecular weight excluding hydrogens is 456 g/mol. The molecule has 0 saturated carbocycles. The Kier molecular flexibility index (Phi) is 7.16. The van der Waals surface area contributed by atoms with Crippen molar-refractivity contribution in [3.05, 3.63) is 57.1 Å². The van der Waals surface area contributed by atoms with Gasteiger partial charge in [-0.1, -0.05) is 25.4 Å². The van der Waals surface area contributed by atoms with Gasteiger partial charge in [-0.2, -0.15) is 0 Å². The Morgan fingerprint density at radius 3 is 2.74 bits per heavy atom. The number of amides is 1. The summed E-state index contributed by atoms with van der Waals surface area (Å²) in [5.41, 5.74) is 2.78. The third kappa shape index (κ3) is 4.92. The van der Waals surface area contributed by atoms with Crippen LogP contribution in [0.25, 0.3) is 0 Å². The smallest absolute Gasteiger partial charge is 0.269 e. The van der Waals surface area contributed by atoms with Gasteiger partial charge in [0.2, 0.25) is 5.91 Å². The molecule has 0 spiro atoms. The molecule has 0 aliphatic carbocycles. The van der Waals surface area contributed by atoms with Gasteiger partial charge in [-0.3, -0.25) is 14.9 Å². The van der Waals surface area contributed by atoms with E-state index in [4.69, 9.17) is 16.3 Å². The summed E-state index contributed by atoms with van der Waals surface area (Å²) < 4.78 is 5.57. The molecule has 1 saturated heterocycles. The number of carbonyl (C=O) groups is 1. The fraction of sp³-hybridized carbons (Fsp3) is 0.480. The molecule has 2 atom stereocenters. The van der Waals surface area contributed by atoms with Crippen LogP contribution in [0, 0.1) is 22.0 Å². The van der Waals surface area contributed by atoms with E-state index >= 15 is 0 Å². The van der Waals surface area contributed by atoms with E-state index in [1.807, 2.05) is 18.2 Å². The van der Waals surface area contributed by atoms with Crippen molar-refractivity contribution in [1.29, 1.82) is 0 Å². The first-order chi connectivity index (χ1) is 16.3. The van der Waals surface area contributed by atoms with E-state index in [0.29, 0.717) is 43.5 Å². The Morgan fingerprint density at radius 2 is 2.03 bits per heavy atom. The summed E-state index contributed by atoms with van der Waals surface area (Å²) >= 11 is 6.29. The lowest BCUT2D eigenvalue weighted by Gasteiger charge is -2.49. The Hall–Kier alpha value is -3.00. The van der Waals surface area contributed by atoms with Crippen LogP contribution in [0.15, 0.2) is 36.4 Å². The number of rotatable bonds is 7. The molecule has 0 unspecified atom stereocenters. The number of piperazine rings is 1. The number of methoxy groups -OCH3 is 1. The predicted octanol–water partition coefficient (Wildman–Crippen LogP) is 4.29. The van der Waals surface area contributed by atoms with Crippen molar-refractivity contribution in [2.75, 3.05) is 43.1 Å². The first kappa shape index (κ1) is 24.1. The number of nitro groups is 1. The molecule has 1 amide bonds. The van der Waals surface area contributed by atoms with E-state index in [2.05, 4.69) is 29.0 Å². The number of nitrogens with zero attached hydrogens (tertiary/aromatic N) is 3. The topological polar surface area (TPSA) is 87.9 Å². The molecule has 0 bridgehead atoms. The summed E-state index contributed by atoms with van der Waals surface area (Å²) in [6.07, 6.45) is 1.37. The van der Waals surface area contributed by atoms with Crippen molar-refractivity contribution >= 4 is 34.6 Å². The third-order valence-electron chi connectivity index (χ3n) is 6.75. The number of hydrogen-bond donors (Lipinski definition) is 1. The molecule has 2 heterocycles. The molecule has 2 aromatic rings.